The predicted octanol–water partition coefficient (Wildman–Crippen LogP) is 3.88. The highest BCUT2D eigenvalue weighted by molar-refractivity contribution is 7.14. The van der Waals surface area contributed by atoms with Gasteiger partial charge in [-0.05, 0) is 30.3 Å². The second-order valence-corrected chi connectivity index (χ2v) is 7.02. The lowest BCUT2D eigenvalue weighted by molar-refractivity contribution is 0.101. The molecule has 0 atom stereocenters. The molecule has 3 aromatic heterocycles. The minimum Gasteiger partial charge on any atom is -0.486 e. The molecule has 1 amide bonds. The Morgan fingerprint density at radius 3 is 2.69 bits per heavy atom. The summed E-state index contributed by atoms with van der Waals surface area (Å²) in [5.74, 6) is 1.52. The summed E-state index contributed by atoms with van der Waals surface area (Å²) in [5.41, 5.74) is 2.59. The van der Waals surface area contributed by atoms with Gasteiger partial charge in [0.1, 0.15) is 13.2 Å². The van der Waals surface area contributed by atoms with Gasteiger partial charge in [-0.1, -0.05) is 5.16 Å². The molecule has 5 rings (SSSR count). The Hall–Kier alpha value is -3.72. The van der Waals surface area contributed by atoms with Crippen molar-refractivity contribution in [2.45, 2.75) is 0 Å². The van der Waals surface area contributed by atoms with Crippen molar-refractivity contribution in [1.29, 1.82) is 0 Å². The molecule has 0 fully saturated rings. The largest absolute Gasteiger partial charge is 0.486 e. The molecule has 0 aliphatic carbocycles. The summed E-state index contributed by atoms with van der Waals surface area (Å²) in [6.07, 6.45) is 3.29. The zero-order valence-corrected chi connectivity index (χ0v) is 15.8. The number of rotatable bonds is 4. The van der Waals surface area contributed by atoms with Gasteiger partial charge in [0, 0.05) is 35.0 Å². The van der Waals surface area contributed by atoms with Gasteiger partial charge in [0.15, 0.2) is 28.1 Å². The van der Waals surface area contributed by atoms with Crippen LogP contribution in [0.25, 0.3) is 22.6 Å². The number of benzene rings is 1. The molecule has 9 heteroatoms. The van der Waals surface area contributed by atoms with Gasteiger partial charge in [0.05, 0.1) is 5.69 Å². The molecular weight excluding hydrogens is 392 g/mol. The van der Waals surface area contributed by atoms with Gasteiger partial charge in [-0.3, -0.25) is 15.1 Å². The molecule has 4 heterocycles. The summed E-state index contributed by atoms with van der Waals surface area (Å²) in [7, 11) is 0. The zero-order chi connectivity index (χ0) is 19.6. The second-order valence-electron chi connectivity index (χ2n) is 6.16. The average Bonchev–Trinajstić information content (AvgIpc) is 3.44. The Bertz CT molecular complexity index is 1170. The fourth-order valence-corrected chi connectivity index (χ4v) is 3.58. The van der Waals surface area contributed by atoms with Crippen LogP contribution in [0.5, 0.6) is 11.5 Å². The number of pyridine rings is 1. The number of amides is 1. The maximum Gasteiger partial charge on any atom is 0.279 e. The molecule has 0 saturated carbocycles. The summed E-state index contributed by atoms with van der Waals surface area (Å²) in [6, 6.07) is 10.8. The number of carbonyl (C=O) groups excluding carboxylic acids is 1. The summed E-state index contributed by atoms with van der Waals surface area (Å²) in [5, 5.41) is 8.93. The normalized spacial score (nSPS) is 12.6. The SMILES string of the molecule is O=C(Nc1nc(-c2ccc3c(c2)OCCO3)cs1)c1cc(-c2ccncc2)on1. The van der Waals surface area contributed by atoms with E-state index in [0.29, 0.717) is 29.9 Å². The number of fused-ring (bicyclic) bond motifs is 1. The number of hydrogen-bond donors (Lipinski definition) is 1. The van der Waals surface area contributed by atoms with E-state index in [1.807, 2.05) is 23.6 Å². The first kappa shape index (κ1) is 17.4. The van der Waals surface area contributed by atoms with Crippen molar-refractivity contribution in [2.24, 2.45) is 0 Å². The molecule has 1 N–H and O–H groups in total. The minimum atomic E-state index is -0.392. The van der Waals surface area contributed by atoms with Crippen molar-refractivity contribution >= 4 is 22.4 Å². The van der Waals surface area contributed by atoms with Crippen molar-refractivity contribution in [3.63, 3.8) is 0 Å². The fourth-order valence-electron chi connectivity index (χ4n) is 2.86. The molecule has 4 aromatic rings. The Morgan fingerprint density at radius 2 is 1.83 bits per heavy atom. The van der Waals surface area contributed by atoms with Crippen LogP contribution in [0, 0.1) is 0 Å². The van der Waals surface area contributed by atoms with Crippen LogP contribution in [0.2, 0.25) is 0 Å². The lowest BCUT2D eigenvalue weighted by Crippen LogP contribution is -2.15. The van der Waals surface area contributed by atoms with Gasteiger partial charge in [-0.25, -0.2) is 4.98 Å². The predicted molar refractivity (Wildman–Crippen MR) is 106 cm³/mol. The molecule has 0 spiro atoms. The van der Waals surface area contributed by atoms with E-state index in [-0.39, 0.29) is 5.69 Å². The van der Waals surface area contributed by atoms with E-state index in [1.165, 1.54) is 11.3 Å². The summed E-state index contributed by atoms with van der Waals surface area (Å²) in [6.45, 7) is 1.07. The van der Waals surface area contributed by atoms with E-state index < -0.39 is 5.91 Å². The highest BCUT2D eigenvalue weighted by Crippen LogP contribution is 2.35. The number of ether oxygens (including phenoxy) is 2. The third kappa shape index (κ3) is 3.55. The van der Waals surface area contributed by atoms with E-state index in [1.54, 1.807) is 30.6 Å². The number of anilines is 1. The van der Waals surface area contributed by atoms with Crippen LogP contribution in [0.3, 0.4) is 0 Å². The highest BCUT2D eigenvalue weighted by Gasteiger charge is 2.17. The van der Waals surface area contributed by atoms with Crippen molar-refractivity contribution in [2.75, 3.05) is 18.5 Å². The van der Waals surface area contributed by atoms with Crippen molar-refractivity contribution in [1.82, 2.24) is 15.1 Å². The molecule has 0 saturated heterocycles. The number of nitrogens with zero attached hydrogens (tertiary/aromatic N) is 3. The molecule has 1 aliphatic heterocycles. The Kier molecular flexibility index (Phi) is 4.41. The van der Waals surface area contributed by atoms with E-state index in [2.05, 4.69) is 20.4 Å². The summed E-state index contributed by atoms with van der Waals surface area (Å²) in [4.78, 5) is 20.9. The monoisotopic (exact) mass is 406 g/mol. The molecule has 1 aliphatic rings. The Labute approximate surface area is 169 Å². The second kappa shape index (κ2) is 7.36. The smallest absolute Gasteiger partial charge is 0.279 e. The lowest BCUT2D eigenvalue weighted by atomic mass is 10.1. The fraction of sp³-hybridized carbons (Fsp3) is 0.100. The van der Waals surface area contributed by atoms with Crippen molar-refractivity contribution < 1.29 is 18.8 Å². The number of nitrogens with one attached hydrogen (secondary N) is 1. The topological polar surface area (TPSA) is 99.4 Å². The number of aromatic nitrogens is 3. The van der Waals surface area contributed by atoms with Gasteiger partial charge < -0.3 is 14.0 Å². The molecule has 0 bridgehead atoms. The number of hydrogen-bond acceptors (Lipinski definition) is 8. The van der Waals surface area contributed by atoms with Crippen LogP contribution in [-0.2, 0) is 0 Å². The molecule has 29 heavy (non-hydrogen) atoms. The first-order valence-electron chi connectivity index (χ1n) is 8.80. The van der Waals surface area contributed by atoms with E-state index >= 15 is 0 Å². The van der Waals surface area contributed by atoms with E-state index in [4.69, 9.17) is 14.0 Å². The molecular formula is C20H14N4O4S. The zero-order valence-electron chi connectivity index (χ0n) is 15.0. The highest BCUT2D eigenvalue weighted by atomic mass is 32.1. The van der Waals surface area contributed by atoms with E-state index in [9.17, 15) is 4.79 Å². The Balaban J connectivity index is 1.31. The quantitative estimate of drug-likeness (QED) is 0.549. The van der Waals surface area contributed by atoms with Crippen LogP contribution >= 0.6 is 11.3 Å². The third-order valence-corrected chi connectivity index (χ3v) is 5.03. The number of carbonyl (C=O) groups is 1. The van der Waals surface area contributed by atoms with Crippen LogP contribution in [-0.4, -0.2) is 34.2 Å². The third-order valence-electron chi connectivity index (χ3n) is 4.27. The van der Waals surface area contributed by atoms with Crippen LogP contribution in [0.15, 0.2) is 58.7 Å². The molecule has 1 aromatic carbocycles. The Morgan fingerprint density at radius 1 is 1.00 bits per heavy atom. The van der Waals surface area contributed by atoms with Crippen molar-refractivity contribution in [3.8, 4) is 34.1 Å². The van der Waals surface area contributed by atoms with Crippen LogP contribution in [0.1, 0.15) is 10.5 Å². The minimum absolute atomic E-state index is 0.174. The molecule has 8 nitrogen and oxygen atoms in total. The van der Waals surface area contributed by atoms with E-state index in [0.717, 1.165) is 22.6 Å². The average molecular weight is 406 g/mol. The summed E-state index contributed by atoms with van der Waals surface area (Å²) >= 11 is 1.33. The molecule has 0 unspecified atom stereocenters. The van der Waals surface area contributed by atoms with Crippen molar-refractivity contribution in [3.05, 3.63) is 59.9 Å². The first-order chi connectivity index (χ1) is 14.3. The van der Waals surface area contributed by atoms with Gasteiger partial charge >= 0.3 is 0 Å². The van der Waals surface area contributed by atoms with Crippen LogP contribution < -0.4 is 14.8 Å². The standard InChI is InChI=1S/C20H14N4O4S/c25-19(14-10-17(28-24-14)12-3-5-21-6-4-12)23-20-22-15(11-29-20)13-1-2-16-18(9-13)27-8-7-26-16/h1-6,9-11H,7-8H2,(H,22,23,25). The van der Waals surface area contributed by atoms with Gasteiger partial charge in [-0.2, -0.15) is 0 Å². The van der Waals surface area contributed by atoms with Gasteiger partial charge in [0.25, 0.3) is 5.91 Å². The maximum atomic E-state index is 12.5. The first-order valence-corrected chi connectivity index (χ1v) is 9.68. The number of thiazole rings is 1. The lowest BCUT2D eigenvalue weighted by Gasteiger charge is -2.18. The molecule has 0 radical (unpaired) electrons. The van der Waals surface area contributed by atoms with Gasteiger partial charge in [-0.15, -0.1) is 11.3 Å². The van der Waals surface area contributed by atoms with Gasteiger partial charge in [0.2, 0.25) is 0 Å². The maximum absolute atomic E-state index is 12.5. The molecule has 144 valence electrons. The summed E-state index contributed by atoms with van der Waals surface area (Å²) < 4.78 is 16.4. The van der Waals surface area contributed by atoms with Crippen LogP contribution in [0.4, 0.5) is 5.13 Å².